The fourth-order valence-corrected chi connectivity index (χ4v) is 2.47. The molecule has 0 aliphatic rings. The number of aromatic nitrogens is 1. The maximum absolute atomic E-state index is 13.1. The van der Waals surface area contributed by atoms with Gasteiger partial charge in [0.15, 0.2) is 11.3 Å². The number of hydrogen-bond acceptors (Lipinski definition) is 3. The van der Waals surface area contributed by atoms with Crippen LogP contribution in [0.3, 0.4) is 0 Å². The fourth-order valence-electron chi connectivity index (χ4n) is 1.94. The second kappa shape index (κ2) is 4.83. The van der Waals surface area contributed by atoms with Gasteiger partial charge in [-0.25, -0.2) is 9.37 Å². The highest BCUT2D eigenvalue weighted by Crippen LogP contribution is 2.24. The summed E-state index contributed by atoms with van der Waals surface area (Å²) in [6.45, 7) is 1.87. The Morgan fingerprint density at radius 3 is 2.80 bits per heavy atom. The molecule has 0 saturated heterocycles. The van der Waals surface area contributed by atoms with Crippen molar-refractivity contribution in [3.8, 4) is 0 Å². The van der Waals surface area contributed by atoms with Gasteiger partial charge in [-0.2, -0.15) is 0 Å². The van der Waals surface area contributed by atoms with E-state index in [1.807, 2.05) is 13.0 Å². The minimum atomic E-state index is -0.407. The van der Waals surface area contributed by atoms with Crippen molar-refractivity contribution in [2.24, 2.45) is 0 Å². The average molecular weight is 334 g/mol. The van der Waals surface area contributed by atoms with Gasteiger partial charge < -0.3 is 4.42 Å². The third-order valence-electron chi connectivity index (χ3n) is 2.91. The zero-order chi connectivity index (χ0) is 14.3. The number of halogens is 2. The third-order valence-corrected chi connectivity index (χ3v) is 3.57. The molecule has 3 rings (SSSR count). The van der Waals surface area contributed by atoms with Crippen molar-refractivity contribution in [1.82, 2.24) is 4.98 Å². The predicted molar refractivity (Wildman–Crippen MR) is 76.3 cm³/mol. The SMILES string of the molecule is Cc1ccc2oc(C(=O)c3ccc(F)cc3Br)cc2n1. The van der Waals surface area contributed by atoms with Crippen LogP contribution >= 0.6 is 15.9 Å². The molecule has 0 aliphatic heterocycles. The topological polar surface area (TPSA) is 43.1 Å². The predicted octanol–water partition coefficient (Wildman–Crippen LogP) is 4.27. The number of aryl methyl sites for hydroxylation is 1. The Kier molecular flexibility index (Phi) is 3.14. The molecule has 1 aromatic carbocycles. The van der Waals surface area contributed by atoms with E-state index in [4.69, 9.17) is 4.42 Å². The van der Waals surface area contributed by atoms with Crippen molar-refractivity contribution >= 4 is 32.8 Å². The molecule has 0 N–H and O–H groups in total. The molecule has 0 atom stereocenters. The lowest BCUT2D eigenvalue weighted by Crippen LogP contribution is -2.01. The lowest BCUT2D eigenvalue weighted by atomic mass is 10.1. The molecule has 5 heteroatoms. The van der Waals surface area contributed by atoms with Crippen molar-refractivity contribution in [3.63, 3.8) is 0 Å². The van der Waals surface area contributed by atoms with Crippen molar-refractivity contribution < 1.29 is 13.6 Å². The van der Waals surface area contributed by atoms with E-state index < -0.39 is 5.82 Å². The number of hydrogen-bond donors (Lipinski definition) is 0. The van der Waals surface area contributed by atoms with Gasteiger partial charge >= 0.3 is 0 Å². The van der Waals surface area contributed by atoms with Gasteiger partial charge in [0.1, 0.15) is 11.3 Å². The summed E-state index contributed by atoms with van der Waals surface area (Å²) in [6, 6.07) is 9.09. The first-order valence-electron chi connectivity index (χ1n) is 5.91. The Labute approximate surface area is 122 Å². The molecule has 3 aromatic rings. The Bertz CT molecular complexity index is 826. The lowest BCUT2D eigenvalue weighted by molar-refractivity contribution is 0.101. The van der Waals surface area contributed by atoms with E-state index in [1.165, 1.54) is 18.2 Å². The first-order valence-corrected chi connectivity index (χ1v) is 6.71. The molecule has 100 valence electrons. The Hall–Kier alpha value is -2.01. The van der Waals surface area contributed by atoms with Gasteiger partial charge in [-0.1, -0.05) is 0 Å². The molecule has 3 nitrogen and oxygen atoms in total. The Balaban J connectivity index is 2.08. The van der Waals surface area contributed by atoms with Crippen molar-refractivity contribution in [3.05, 3.63) is 63.7 Å². The van der Waals surface area contributed by atoms with Crippen LogP contribution in [0.1, 0.15) is 21.8 Å². The van der Waals surface area contributed by atoms with Crippen LogP contribution in [0.25, 0.3) is 11.1 Å². The number of fused-ring (bicyclic) bond motifs is 1. The highest BCUT2D eigenvalue weighted by Gasteiger charge is 2.18. The maximum atomic E-state index is 13.1. The van der Waals surface area contributed by atoms with Crippen molar-refractivity contribution in [1.29, 1.82) is 0 Å². The zero-order valence-electron chi connectivity index (χ0n) is 10.5. The summed E-state index contributed by atoms with van der Waals surface area (Å²) in [7, 11) is 0. The number of benzene rings is 1. The number of pyridine rings is 1. The van der Waals surface area contributed by atoms with E-state index in [-0.39, 0.29) is 11.5 Å². The number of rotatable bonds is 2. The molecule has 2 aromatic heterocycles. The first kappa shape index (κ1) is 13.0. The lowest BCUT2D eigenvalue weighted by Gasteiger charge is -2.00. The van der Waals surface area contributed by atoms with Gasteiger partial charge in [0.2, 0.25) is 5.78 Å². The quantitative estimate of drug-likeness (QED) is 0.658. The van der Waals surface area contributed by atoms with E-state index >= 15 is 0 Å². The molecule has 20 heavy (non-hydrogen) atoms. The van der Waals surface area contributed by atoms with E-state index in [0.717, 1.165) is 5.69 Å². The van der Waals surface area contributed by atoms with E-state index in [9.17, 15) is 9.18 Å². The van der Waals surface area contributed by atoms with Crippen LogP contribution in [0.4, 0.5) is 4.39 Å². The summed E-state index contributed by atoms with van der Waals surface area (Å²) in [5.41, 5.74) is 2.38. The standard InChI is InChI=1S/C15H9BrFNO2/c1-8-2-5-13-12(18-8)7-14(20-13)15(19)10-4-3-9(17)6-11(10)16/h2-7H,1H3. The fraction of sp³-hybridized carbons (Fsp3) is 0.0667. The van der Waals surface area contributed by atoms with Crippen LogP contribution in [0.2, 0.25) is 0 Å². The second-order valence-corrected chi connectivity index (χ2v) is 5.25. The maximum Gasteiger partial charge on any atom is 0.229 e. The normalized spacial score (nSPS) is 10.9. The van der Waals surface area contributed by atoms with Gasteiger partial charge in [0, 0.05) is 21.8 Å². The third kappa shape index (κ3) is 2.25. The van der Waals surface area contributed by atoms with Gasteiger partial charge in [-0.15, -0.1) is 0 Å². The highest BCUT2D eigenvalue weighted by atomic mass is 79.9. The summed E-state index contributed by atoms with van der Waals surface area (Å²) in [5, 5.41) is 0. The summed E-state index contributed by atoms with van der Waals surface area (Å²) in [6.07, 6.45) is 0. The van der Waals surface area contributed by atoms with Gasteiger partial charge in [-0.05, 0) is 53.2 Å². The molecular formula is C15H9BrFNO2. The van der Waals surface area contributed by atoms with Crippen LogP contribution in [0.15, 0.2) is 45.3 Å². The Morgan fingerprint density at radius 1 is 1.25 bits per heavy atom. The molecule has 0 bridgehead atoms. The zero-order valence-corrected chi connectivity index (χ0v) is 12.1. The summed E-state index contributed by atoms with van der Waals surface area (Å²) >= 11 is 3.18. The molecule has 0 unspecified atom stereocenters. The minimum absolute atomic E-state index is 0.186. The Morgan fingerprint density at radius 2 is 2.05 bits per heavy atom. The van der Waals surface area contributed by atoms with Crippen LogP contribution in [0.5, 0.6) is 0 Å². The van der Waals surface area contributed by atoms with Crippen LogP contribution < -0.4 is 0 Å². The van der Waals surface area contributed by atoms with E-state index in [2.05, 4.69) is 20.9 Å². The monoisotopic (exact) mass is 333 g/mol. The van der Waals surface area contributed by atoms with E-state index in [1.54, 1.807) is 12.1 Å². The molecule has 0 aliphatic carbocycles. The second-order valence-electron chi connectivity index (χ2n) is 4.40. The average Bonchev–Trinajstić information content (AvgIpc) is 2.81. The summed E-state index contributed by atoms with van der Waals surface area (Å²) in [5.74, 6) is -0.534. The van der Waals surface area contributed by atoms with Crippen LogP contribution in [-0.4, -0.2) is 10.8 Å². The highest BCUT2D eigenvalue weighted by molar-refractivity contribution is 9.10. The molecular weight excluding hydrogens is 325 g/mol. The molecule has 0 saturated carbocycles. The van der Waals surface area contributed by atoms with Gasteiger partial charge in [-0.3, -0.25) is 4.79 Å². The first-order chi connectivity index (χ1) is 9.54. The number of furan rings is 1. The number of ketones is 1. The molecule has 0 radical (unpaired) electrons. The van der Waals surface area contributed by atoms with Crippen LogP contribution in [-0.2, 0) is 0 Å². The van der Waals surface area contributed by atoms with Crippen LogP contribution in [0, 0.1) is 12.7 Å². The van der Waals surface area contributed by atoms with Crippen molar-refractivity contribution in [2.75, 3.05) is 0 Å². The summed E-state index contributed by atoms with van der Waals surface area (Å²) in [4.78, 5) is 16.7. The van der Waals surface area contributed by atoms with Gasteiger partial charge in [0.25, 0.3) is 0 Å². The number of nitrogens with zero attached hydrogens (tertiary/aromatic N) is 1. The van der Waals surface area contributed by atoms with Gasteiger partial charge in [0.05, 0.1) is 0 Å². The molecule has 2 heterocycles. The number of carbonyl (C=O) groups is 1. The molecule has 0 fully saturated rings. The molecule has 0 spiro atoms. The van der Waals surface area contributed by atoms with E-state index in [0.29, 0.717) is 21.1 Å². The number of carbonyl (C=O) groups excluding carboxylic acids is 1. The summed E-state index contributed by atoms with van der Waals surface area (Å²) < 4.78 is 18.9. The molecule has 0 amide bonds. The van der Waals surface area contributed by atoms with Crippen molar-refractivity contribution in [2.45, 2.75) is 6.92 Å². The largest absolute Gasteiger partial charge is 0.451 e. The minimum Gasteiger partial charge on any atom is -0.451 e. The smallest absolute Gasteiger partial charge is 0.229 e.